The van der Waals surface area contributed by atoms with E-state index in [1.54, 1.807) is 29.2 Å². The third-order valence-corrected chi connectivity index (χ3v) is 6.54. The maximum atomic E-state index is 12.9. The lowest BCUT2D eigenvalue weighted by Crippen LogP contribution is -2.61. The van der Waals surface area contributed by atoms with Crippen molar-refractivity contribution in [2.45, 2.75) is 51.6 Å². The highest BCUT2D eigenvalue weighted by atomic mass is 19.4. The van der Waals surface area contributed by atoms with Gasteiger partial charge in [0.15, 0.2) is 5.78 Å². The molecule has 0 atom stereocenters. The highest BCUT2D eigenvalue weighted by molar-refractivity contribution is 6.10. The number of halogens is 3. The van der Waals surface area contributed by atoms with Crippen molar-refractivity contribution in [2.75, 3.05) is 50.7 Å². The molecule has 0 aromatic heterocycles. The van der Waals surface area contributed by atoms with Gasteiger partial charge in [0.2, 0.25) is 5.91 Å². The van der Waals surface area contributed by atoms with Crippen LogP contribution in [0, 0.1) is 0 Å². The van der Waals surface area contributed by atoms with E-state index in [1.807, 2.05) is 0 Å². The number of anilines is 1. The van der Waals surface area contributed by atoms with Gasteiger partial charge >= 0.3 is 12.1 Å². The van der Waals surface area contributed by atoms with Crippen molar-refractivity contribution in [1.82, 2.24) is 4.90 Å². The second-order valence-electron chi connectivity index (χ2n) is 8.99. The lowest BCUT2D eigenvalue weighted by molar-refractivity contribution is -1.09. The van der Waals surface area contributed by atoms with Gasteiger partial charge in [-0.3, -0.25) is 19.3 Å². The van der Waals surface area contributed by atoms with Crippen LogP contribution in [0.5, 0.6) is 0 Å². The normalized spacial score (nSPS) is 19.0. The molecule has 2 heterocycles. The van der Waals surface area contributed by atoms with E-state index < -0.39 is 12.1 Å². The zero-order valence-electron chi connectivity index (χ0n) is 19.6. The van der Waals surface area contributed by atoms with Crippen molar-refractivity contribution in [1.29, 1.82) is 0 Å². The topological polar surface area (TPSA) is 66.9 Å². The van der Waals surface area contributed by atoms with Crippen LogP contribution in [0.15, 0.2) is 24.3 Å². The molecule has 0 saturated carbocycles. The third-order valence-electron chi connectivity index (χ3n) is 6.54. The van der Waals surface area contributed by atoms with Crippen LogP contribution in [0.25, 0.3) is 0 Å². The van der Waals surface area contributed by atoms with E-state index >= 15 is 0 Å². The quantitative estimate of drug-likeness (QED) is 0.395. The molecular formula is C24H33F3N3O4+. The second-order valence-corrected chi connectivity index (χ2v) is 8.99. The van der Waals surface area contributed by atoms with Gasteiger partial charge in [0.25, 0.3) is 0 Å². The van der Waals surface area contributed by atoms with Crippen molar-refractivity contribution in [3.8, 4) is 0 Å². The molecular weight excluding hydrogens is 451 g/mol. The van der Waals surface area contributed by atoms with Gasteiger partial charge in [0.1, 0.15) is 19.6 Å². The van der Waals surface area contributed by atoms with Crippen LogP contribution in [0.1, 0.15) is 55.8 Å². The van der Waals surface area contributed by atoms with Gasteiger partial charge in [-0.1, -0.05) is 25.5 Å². The average molecular weight is 485 g/mol. The lowest BCUT2D eigenvalue weighted by atomic mass is 10.1. The monoisotopic (exact) mass is 484 g/mol. The number of unbranched alkanes of at least 4 members (excludes halogenated alkanes) is 2. The van der Waals surface area contributed by atoms with Crippen LogP contribution in [0.4, 0.5) is 18.9 Å². The van der Waals surface area contributed by atoms with Gasteiger partial charge in [0, 0.05) is 31.4 Å². The fourth-order valence-electron chi connectivity index (χ4n) is 4.55. The van der Waals surface area contributed by atoms with E-state index in [2.05, 4.69) is 11.8 Å². The van der Waals surface area contributed by atoms with E-state index in [9.17, 15) is 27.6 Å². The molecule has 1 amide bonds. The number of ketones is 1. The maximum Gasteiger partial charge on any atom is 0.497 e. The summed E-state index contributed by atoms with van der Waals surface area (Å²) in [5.74, 6) is -2.38. The van der Waals surface area contributed by atoms with Crippen molar-refractivity contribution >= 4 is 23.3 Å². The standard InChI is InChI=1S/C24H33F3N3O4/c1-2-3-12-28-14-17-30(18-15-28,34-23(33)24(25,26)27)16-7-6-13-29-20-9-5-4-8-19(20)21(31)10-11-22(29)32/h4-5,8-9H,2-3,6-7,10-18H2,1H3/q+1. The van der Waals surface area contributed by atoms with Crippen LogP contribution in [-0.2, 0) is 14.4 Å². The molecule has 3 rings (SSSR count). The van der Waals surface area contributed by atoms with Gasteiger partial charge in [-0.2, -0.15) is 13.2 Å². The van der Waals surface area contributed by atoms with Crippen LogP contribution < -0.4 is 4.90 Å². The SMILES string of the molecule is CCCCN1CC[N+](CCCCN2C(=O)CCC(=O)c3ccccc32)(OC(=O)C(F)(F)F)CC1. The molecule has 188 valence electrons. The number of benzene rings is 1. The van der Waals surface area contributed by atoms with Gasteiger partial charge in [-0.15, -0.1) is 4.65 Å². The van der Waals surface area contributed by atoms with Crippen LogP contribution in [-0.4, -0.2) is 79.2 Å². The van der Waals surface area contributed by atoms with Gasteiger partial charge in [0.05, 0.1) is 18.8 Å². The average Bonchev–Trinajstić information content (AvgIpc) is 2.92. The first kappa shape index (κ1) is 26.2. The molecule has 1 aromatic carbocycles. The highest BCUT2D eigenvalue weighted by Crippen LogP contribution is 2.28. The van der Waals surface area contributed by atoms with Crippen molar-refractivity contribution in [3.63, 3.8) is 0 Å². The smallest absolute Gasteiger partial charge is 0.312 e. The molecule has 0 bridgehead atoms. The number of hydroxylamine groups is 3. The third kappa shape index (κ3) is 6.56. The van der Waals surface area contributed by atoms with Crippen molar-refractivity contribution < 1.29 is 37.0 Å². The summed E-state index contributed by atoms with van der Waals surface area (Å²) in [5, 5.41) is 0. The molecule has 0 N–H and O–H groups in total. The number of fused-ring (bicyclic) bond motifs is 1. The number of Topliss-reactive ketones (excluding diaryl/α,β-unsaturated/α-hetero) is 1. The minimum atomic E-state index is -5.04. The Labute approximate surface area is 198 Å². The Morgan fingerprint density at radius 1 is 1.03 bits per heavy atom. The molecule has 2 aliphatic heterocycles. The molecule has 2 aliphatic rings. The van der Waals surface area contributed by atoms with Gasteiger partial charge in [-0.25, -0.2) is 4.79 Å². The molecule has 1 fully saturated rings. The molecule has 1 aromatic rings. The summed E-state index contributed by atoms with van der Waals surface area (Å²) in [6.07, 6.45) is -1.73. The summed E-state index contributed by atoms with van der Waals surface area (Å²) in [6, 6.07) is 6.98. The number of rotatable bonds is 9. The van der Waals surface area contributed by atoms with Crippen molar-refractivity contribution in [3.05, 3.63) is 29.8 Å². The Kier molecular flexibility index (Phi) is 8.70. The number of amides is 1. The predicted octanol–water partition coefficient (Wildman–Crippen LogP) is 3.73. The second kappa shape index (κ2) is 11.3. The summed E-state index contributed by atoms with van der Waals surface area (Å²) in [5.41, 5.74) is 1.09. The van der Waals surface area contributed by atoms with E-state index in [0.29, 0.717) is 56.8 Å². The Morgan fingerprint density at radius 2 is 1.74 bits per heavy atom. The number of carbonyl (C=O) groups is 3. The summed E-state index contributed by atoms with van der Waals surface area (Å²) >= 11 is 0. The molecule has 0 unspecified atom stereocenters. The van der Waals surface area contributed by atoms with E-state index in [-0.39, 0.29) is 35.7 Å². The largest absolute Gasteiger partial charge is 0.497 e. The minimum Gasteiger partial charge on any atom is -0.312 e. The highest BCUT2D eigenvalue weighted by Gasteiger charge is 2.48. The number of piperazine rings is 1. The Bertz CT molecular complexity index is 882. The number of alkyl halides is 3. The van der Waals surface area contributed by atoms with Crippen LogP contribution in [0.3, 0.4) is 0 Å². The molecule has 34 heavy (non-hydrogen) atoms. The zero-order valence-corrected chi connectivity index (χ0v) is 19.6. The summed E-state index contributed by atoms with van der Waals surface area (Å²) in [4.78, 5) is 45.4. The van der Waals surface area contributed by atoms with E-state index in [0.717, 1.165) is 19.4 Å². The lowest BCUT2D eigenvalue weighted by Gasteiger charge is -2.41. The molecule has 0 radical (unpaired) electrons. The van der Waals surface area contributed by atoms with Gasteiger partial charge < -0.3 is 4.90 Å². The fourth-order valence-corrected chi connectivity index (χ4v) is 4.55. The Hall–Kier alpha value is -2.46. The number of quaternary nitrogens is 1. The number of carbonyl (C=O) groups excluding carboxylic acids is 3. The molecule has 0 aliphatic carbocycles. The number of para-hydroxylation sites is 1. The maximum absolute atomic E-state index is 12.9. The first-order valence-electron chi connectivity index (χ1n) is 12.0. The van der Waals surface area contributed by atoms with Crippen molar-refractivity contribution in [2.24, 2.45) is 0 Å². The predicted molar refractivity (Wildman–Crippen MR) is 120 cm³/mol. The molecule has 1 saturated heterocycles. The molecule has 10 heteroatoms. The molecule has 0 spiro atoms. The van der Waals surface area contributed by atoms with E-state index in [4.69, 9.17) is 4.84 Å². The number of hydrogen-bond donors (Lipinski definition) is 0. The fraction of sp³-hybridized carbons (Fsp3) is 0.625. The Morgan fingerprint density at radius 3 is 2.41 bits per heavy atom. The van der Waals surface area contributed by atoms with E-state index in [1.165, 1.54) is 0 Å². The van der Waals surface area contributed by atoms with Gasteiger partial charge in [-0.05, 0) is 31.5 Å². The molecule has 7 nitrogen and oxygen atoms in total. The number of hydrogen-bond acceptors (Lipinski definition) is 5. The Balaban J connectivity index is 1.63. The first-order valence-corrected chi connectivity index (χ1v) is 12.0. The van der Waals surface area contributed by atoms with Crippen LogP contribution in [0.2, 0.25) is 0 Å². The summed E-state index contributed by atoms with van der Waals surface area (Å²) in [7, 11) is 0. The first-order chi connectivity index (χ1) is 16.1. The summed E-state index contributed by atoms with van der Waals surface area (Å²) in [6.45, 7) is 5.26. The van der Waals surface area contributed by atoms with Crippen LogP contribution >= 0.6 is 0 Å². The zero-order chi connectivity index (χ0) is 24.8. The number of nitrogens with zero attached hydrogens (tertiary/aromatic N) is 3. The minimum absolute atomic E-state index is 0.0732. The summed E-state index contributed by atoms with van der Waals surface area (Å²) < 4.78 is 38.5.